The van der Waals surface area contributed by atoms with Gasteiger partial charge in [0.15, 0.2) is 6.61 Å². The summed E-state index contributed by atoms with van der Waals surface area (Å²) < 4.78 is 36.2. The summed E-state index contributed by atoms with van der Waals surface area (Å²) in [6.07, 6.45) is 0. The number of carbonyl (C=O) groups is 3. The lowest BCUT2D eigenvalue weighted by Crippen LogP contribution is -2.40. The molecule has 0 bridgehead atoms. The number of carbonyl (C=O) groups excluding carboxylic acids is 3. The molecule has 2 N–H and O–H groups in total. The first-order valence-electron chi connectivity index (χ1n) is 7.71. The number of ether oxygens (including phenoxy) is 2. The quantitative estimate of drug-likeness (QED) is 0.642. The van der Waals surface area contributed by atoms with Crippen LogP contribution in [0.5, 0.6) is 0 Å². The third kappa shape index (κ3) is 5.00. The van der Waals surface area contributed by atoms with Gasteiger partial charge in [-0.25, -0.2) is 18.0 Å². The number of benzene rings is 1. The molecule has 0 unspecified atom stereocenters. The standard InChI is InChI=1S/C15H19N3O7S/c1-16-15(21)17-13(19)10-25-14(20)11-2-4-12(5-3-11)26(22,23)18-6-8-24-9-7-18/h2-5H,6-10H2,1H3,(H2,16,17,19,21). The van der Waals surface area contributed by atoms with Crippen LogP contribution in [0.4, 0.5) is 4.79 Å². The minimum Gasteiger partial charge on any atom is -0.452 e. The number of hydrogen-bond donors (Lipinski definition) is 2. The second kappa shape index (κ2) is 8.74. The Labute approximate surface area is 150 Å². The molecule has 0 spiro atoms. The molecule has 26 heavy (non-hydrogen) atoms. The molecule has 0 aromatic heterocycles. The Morgan fingerprint density at radius 2 is 1.77 bits per heavy atom. The number of morpholine rings is 1. The average molecular weight is 385 g/mol. The summed E-state index contributed by atoms with van der Waals surface area (Å²) in [4.78, 5) is 34.2. The molecule has 2 rings (SSSR count). The van der Waals surface area contributed by atoms with Crippen LogP contribution in [0.15, 0.2) is 29.2 Å². The summed E-state index contributed by atoms with van der Waals surface area (Å²) in [5.41, 5.74) is 0.0821. The minimum atomic E-state index is -3.65. The van der Waals surface area contributed by atoms with E-state index in [0.29, 0.717) is 13.2 Å². The van der Waals surface area contributed by atoms with Crippen molar-refractivity contribution >= 4 is 27.9 Å². The second-order valence-electron chi connectivity index (χ2n) is 5.24. The monoisotopic (exact) mass is 385 g/mol. The number of esters is 1. The molecular weight excluding hydrogens is 366 g/mol. The number of nitrogens with zero attached hydrogens (tertiary/aromatic N) is 1. The first-order valence-corrected chi connectivity index (χ1v) is 9.15. The van der Waals surface area contributed by atoms with Crippen molar-refractivity contribution in [2.45, 2.75) is 4.90 Å². The maximum Gasteiger partial charge on any atom is 0.338 e. The molecule has 1 saturated heterocycles. The van der Waals surface area contributed by atoms with Crippen LogP contribution in [-0.2, 0) is 24.3 Å². The summed E-state index contributed by atoms with van der Waals surface area (Å²) in [5.74, 6) is -1.60. The van der Waals surface area contributed by atoms with Crippen LogP contribution in [-0.4, -0.2) is 70.6 Å². The zero-order chi connectivity index (χ0) is 19.2. The fourth-order valence-electron chi connectivity index (χ4n) is 2.14. The Morgan fingerprint density at radius 1 is 1.15 bits per heavy atom. The largest absolute Gasteiger partial charge is 0.452 e. The molecule has 1 aromatic carbocycles. The normalized spacial score (nSPS) is 15.1. The van der Waals surface area contributed by atoms with E-state index in [-0.39, 0.29) is 23.5 Å². The van der Waals surface area contributed by atoms with Crippen molar-refractivity contribution in [2.24, 2.45) is 0 Å². The Hall–Kier alpha value is -2.50. The van der Waals surface area contributed by atoms with E-state index in [9.17, 15) is 22.8 Å². The summed E-state index contributed by atoms with van der Waals surface area (Å²) in [7, 11) is -2.32. The van der Waals surface area contributed by atoms with E-state index in [1.807, 2.05) is 5.32 Å². The Balaban J connectivity index is 1.96. The highest BCUT2D eigenvalue weighted by molar-refractivity contribution is 7.89. The van der Waals surface area contributed by atoms with E-state index in [2.05, 4.69) is 5.32 Å². The van der Waals surface area contributed by atoms with Gasteiger partial charge in [-0.3, -0.25) is 10.1 Å². The zero-order valence-electron chi connectivity index (χ0n) is 14.1. The third-order valence-electron chi connectivity index (χ3n) is 3.51. The highest BCUT2D eigenvalue weighted by atomic mass is 32.2. The van der Waals surface area contributed by atoms with Gasteiger partial charge < -0.3 is 14.8 Å². The maximum atomic E-state index is 12.5. The van der Waals surface area contributed by atoms with Crippen molar-refractivity contribution in [1.82, 2.24) is 14.9 Å². The lowest BCUT2D eigenvalue weighted by Gasteiger charge is -2.26. The second-order valence-corrected chi connectivity index (χ2v) is 7.18. The van der Waals surface area contributed by atoms with Crippen LogP contribution in [0.2, 0.25) is 0 Å². The molecule has 1 aliphatic rings. The first kappa shape index (κ1) is 19.8. The number of urea groups is 1. The minimum absolute atomic E-state index is 0.0494. The molecule has 1 aromatic rings. The van der Waals surface area contributed by atoms with Crippen LogP contribution >= 0.6 is 0 Å². The lowest BCUT2D eigenvalue weighted by atomic mass is 10.2. The van der Waals surface area contributed by atoms with Gasteiger partial charge in [0.05, 0.1) is 23.7 Å². The summed E-state index contributed by atoms with van der Waals surface area (Å²) in [6, 6.07) is 4.47. The van der Waals surface area contributed by atoms with Crippen molar-refractivity contribution in [3.8, 4) is 0 Å². The Bertz CT molecular complexity index is 771. The fourth-order valence-corrected chi connectivity index (χ4v) is 3.55. The topological polar surface area (TPSA) is 131 Å². The van der Waals surface area contributed by atoms with Gasteiger partial charge >= 0.3 is 12.0 Å². The molecular formula is C15H19N3O7S. The van der Waals surface area contributed by atoms with Crippen molar-refractivity contribution in [3.05, 3.63) is 29.8 Å². The highest BCUT2D eigenvalue weighted by Crippen LogP contribution is 2.18. The summed E-state index contributed by atoms with van der Waals surface area (Å²) in [6.45, 7) is 0.572. The van der Waals surface area contributed by atoms with Crippen LogP contribution in [0.25, 0.3) is 0 Å². The first-order chi connectivity index (χ1) is 12.3. The van der Waals surface area contributed by atoms with Gasteiger partial charge in [-0.1, -0.05) is 0 Å². The fraction of sp³-hybridized carbons (Fsp3) is 0.400. The van der Waals surface area contributed by atoms with Crippen molar-refractivity contribution in [3.63, 3.8) is 0 Å². The molecule has 0 radical (unpaired) electrons. The Morgan fingerprint density at radius 3 is 2.35 bits per heavy atom. The van der Waals surface area contributed by atoms with Crippen LogP contribution < -0.4 is 10.6 Å². The molecule has 142 valence electrons. The van der Waals surface area contributed by atoms with E-state index in [1.165, 1.54) is 35.6 Å². The predicted molar refractivity (Wildman–Crippen MR) is 88.9 cm³/mol. The van der Waals surface area contributed by atoms with Gasteiger partial charge in [0.2, 0.25) is 10.0 Å². The number of amides is 3. The zero-order valence-corrected chi connectivity index (χ0v) is 14.9. The van der Waals surface area contributed by atoms with E-state index in [0.717, 1.165) is 0 Å². The molecule has 10 nitrogen and oxygen atoms in total. The van der Waals surface area contributed by atoms with Gasteiger partial charge in [0, 0.05) is 20.1 Å². The predicted octanol–water partition coefficient (Wildman–Crippen LogP) is -0.680. The molecule has 1 aliphatic heterocycles. The van der Waals surface area contributed by atoms with Gasteiger partial charge in [-0.05, 0) is 24.3 Å². The van der Waals surface area contributed by atoms with Gasteiger partial charge in [0.1, 0.15) is 0 Å². The van der Waals surface area contributed by atoms with E-state index in [1.54, 1.807) is 0 Å². The molecule has 0 atom stereocenters. The summed E-state index contributed by atoms with van der Waals surface area (Å²) >= 11 is 0. The number of imide groups is 1. The molecule has 1 fully saturated rings. The van der Waals surface area contributed by atoms with Crippen molar-refractivity contribution < 1.29 is 32.3 Å². The van der Waals surface area contributed by atoms with Gasteiger partial charge in [0.25, 0.3) is 5.91 Å². The maximum absolute atomic E-state index is 12.5. The number of rotatable bonds is 5. The van der Waals surface area contributed by atoms with Crippen LogP contribution in [0.3, 0.4) is 0 Å². The van der Waals surface area contributed by atoms with Crippen molar-refractivity contribution in [2.75, 3.05) is 40.0 Å². The summed E-state index contributed by atoms with van der Waals surface area (Å²) in [5, 5.41) is 4.12. The van der Waals surface area contributed by atoms with E-state index < -0.39 is 34.5 Å². The van der Waals surface area contributed by atoms with Crippen molar-refractivity contribution in [1.29, 1.82) is 0 Å². The SMILES string of the molecule is CNC(=O)NC(=O)COC(=O)c1ccc(S(=O)(=O)N2CCOCC2)cc1. The van der Waals surface area contributed by atoms with E-state index in [4.69, 9.17) is 9.47 Å². The molecule has 3 amide bonds. The molecule has 1 heterocycles. The third-order valence-corrected chi connectivity index (χ3v) is 5.43. The highest BCUT2D eigenvalue weighted by Gasteiger charge is 2.26. The molecule has 11 heteroatoms. The average Bonchev–Trinajstić information content (AvgIpc) is 2.66. The number of sulfonamides is 1. The van der Waals surface area contributed by atoms with Gasteiger partial charge in [-0.2, -0.15) is 4.31 Å². The van der Waals surface area contributed by atoms with Crippen LogP contribution in [0, 0.1) is 0 Å². The molecule has 0 aliphatic carbocycles. The lowest BCUT2D eigenvalue weighted by molar-refractivity contribution is -0.123. The number of hydrogen-bond acceptors (Lipinski definition) is 7. The molecule has 0 saturated carbocycles. The van der Waals surface area contributed by atoms with Crippen LogP contribution in [0.1, 0.15) is 10.4 Å². The smallest absolute Gasteiger partial charge is 0.338 e. The Kier molecular flexibility index (Phi) is 6.66. The van der Waals surface area contributed by atoms with Gasteiger partial charge in [-0.15, -0.1) is 0 Å². The van der Waals surface area contributed by atoms with E-state index >= 15 is 0 Å². The number of nitrogens with one attached hydrogen (secondary N) is 2.